The first-order chi connectivity index (χ1) is 8.16. The van der Waals surface area contributed by atoms with Crippen molar-refractivity contribution in [1.29, 1.82) is 0 Å². The van der Waals surface area contributed by atoms with Crippen LogP contribution in [0.2, 0.25) is 0 Å². The second-order valence-electron chi connectivity index (χ2n) is 3.29. The van der Waals surface area contributed by atoms with Gasteiger partial charge < -0.3 is 15.4 Å². The van der Waals surface area contributed by atoms with E-state index in [1.165, 1.54) is 18.3 Å². The Kier molecular flexibility index (Phi) is 2.87. The number of carbonyl (C=O) groups excluding carboxylic acids is 1. The maximum Gasteiger partial charge on any atom is 0.337 e. The molecule has 17 heavy (non-hydrogen) atoms. The van der Waals surface area contributed by atoms with Crippen LogP contribution in [0.1, 0.15) is 20.7 Å². The van der Waals surface area contributed by atoms with Gasteiger partial charge in [-0.2, -0.15) is 0 Å². The number of hydrogen-bond donors (Lipinski definition) is 3. The van der Waals surface area contributed by atoms with Gasteiger partial charge in [-0.15, -0.1) is 0 Å². The van der Waals surface area contributed by atoms with Crippen molar-refractivity contribution in [2.75, 3.05) is 5.32 Å². The van der Waals surface area contributed by atoms with Gasteiger partial charge >= 0.3 is 5.97 Å². The van der Waals surface area contributed by atoms with Crippen molar-refractivity contribution in [1.82, 2.24) is 9.97 Å². The third kappa shape index (κ3) is 2.49. The Bertz CT molecular complexity index is 532. The van der Waals surface area contributed by atoms with Gasteiger partial charge in [0.25, 0.3) is 5.91 Å². The fourth-order valence-corrected chi connectivity index (χ4v) is 1.25. The number of aromatic amines is 1. The van der Waals surface area contributed by atoms with E-state index in [-0.39, 0.29) is 11.5 Å². The summed E-state index contributed by atoms with van der Waals surface area (Å²) in [5.41, 5.74) is 0.554. The average molecular weight is 231 g/mol. The molecule has 0 atom stereocenters. The highest BCUT2D eigenvalue weighted by Gasteiger charge is 2.08. The van der Waals surface area contributed by atoms with E-state index in [2.05, 4.69) is 15.3 Å². The minimum absolute atomic E-state index is 0.0737. The zero-order chi connectivity index (χ0) is 12.3. The van der Waals surface area contributed by atoms with Crippen molar-refractivity contribution < 1.29 is 14.7 Å². The van der Waals surface area contributed by atoms with Crippen molar-refractivity contribution in [3.8, 4) is 0 Å². The largest absolute Gasteiger partial charge is 0.478 e. The van der Waals surface area contributed by atoms with Gasteiger partial charge in [-0.05, 0) is 18.2 Å². The molecule has 6 nitrogen and oxygen atoms in total. The fraction of sp³-hybridized carbons (Fsp3) is 0. The topological polar surface area (TPSA) is 95.1 Å². The van der Waals surface area contributed by atoms with Crippen molar-refractivity contribution >= 4 is 17.7 Å². The van der Waals surface area contributed by atoms with E-state index in [1.54, 1.807) is 18.5 Å². The quantitative estimate of drug-likeness (QED) is 0.743. The van der Waals surface area contributed by atoms with Gasteiger partial charge in [0, 0.05) is 18.6 Å². The summed E-state index contributed by atoms with van der Waals surface area (Å²) in [5.74, 6) is -1.05. The number of hydrogen-bond acceptors (Lipinski definition) is 3. The number of rotatable bonds is 3. The molecule has 0 bridgehead atoms. The summed E-state index contributed by atoms with van der Waals surface area (Å²) in [5, 5.41) is 11.2. The number of carbonyl (C=O) groups is 2. The summed E-state index contributed by atoms with van der Waals surface area (Å²) in [6.07, 6.45) is 4.38. The lowest BCUT2D eigenvalue weighted by Gasteiger charge is -2.02. The molecule has 0 radical (unpaired) electrons. The highest BCUT2D eigenvalue weighted by Crippen LogP contribution is 2.07. The van der Waals surface area contributed by atoms with E-state index in [1.807, 2.05) is 0 Å². The summed E-state index contributed by atoms with van der Waals surface area (Å²) in [4.78, 5) is 28.8. The fourth-order valence-electron chi connectivity index (χ4n) is 1.25. The highest BCUT2D eigenvalue weighted by molar-refractivity contribution is 6.03. The molecule has 6 heteroatoms. The summed E-state index contributed by atoms with van der Waals surface area (Å²) in [6, 6.07) is 4.44. The van der Waals surface area contributed by atoms with Gasteiger partial charge in [0.1, 0.15) is 5.82 Å². The van der Waals surface area contributed by atoms with Crippen LogP contribution in [0.4, 0.5) is 5.82 Å². The number of pyridine rings is 1. The van der Waals surface area contributed by atoms with Crippen LogP contribution in [-0.2, 0) is 0 Å². The molecule has 0 fully saturated rings. The lowest BCUT2D eigenvalue weighted by Crippen LogP contribution is -2.12. The number of amides is 1. The molecule has 2 aromatic rings. The molecule has 0 saturated heterocycles. The molecule has 2 rings (SSSR count). The Labute approximate surface area is 96.3 Å². The average Bonchev–Trinajstić information content (AvgIpc) is 2.83. The Morgan fingerprint density at radius 1 is 1.24 bits per heavy atom. The van der Waals surface area contributed by atoms with Crippen LogP contribution < -0.4 is 5.32 Å². The normalized spacial score (nSPS) is 9.88. The first-order valence-corrected chi connectivity index (χ1v) is 4.80. The molecule has 86 valence electrons. The predicted molar refractivity (Wildman–Crippen MR) is 59.9 cm³/mol. The Morgan fingerprint density at radius 3 is 2.59 bits per heavy atom. The predicted octanol–water partition coefficient (Wildman–Crippen LogP) is 1.36. The molecule has 1 amide bonds. The molecule has 0 unspecified atom stereocenters. The van der Waals surface area contributed by atoms with Gasteiger partial charge in [-0.25, -0.2) is 9.78 Å². The van der Waals surface area contributed by atoms with Gasteiger partial charge in [-0.1, -0.05) is 0 Å². The molecule has 0 aliphatic carbocycles. The van der Waals surface area contributed by atoms with Crippen LogP contribution in [0.5, 0.6) is 0 Å². The number of nitrogens with one attached hydrogen (secondary N) is 2. The third-order valence-electron chi connectivity index (χ3n) is 2.11. The minimum Gasteiger partial charge on any atom is -0.478 e. The molecular weight excluding hydrogens is 222 g/mol. The molecule has 0 aliphatic heterocycles. The van der Waals surface area contributed by atoms with Gasteiger partial charge in [0.2, 0.25) is 0 Å². The number of H-pyrrole nitrogens is 1. The molecule has 0 saturated carbocycles. The Balaban J connectivity index is 2.09. The van der Waals surface area contributed by atoms with E-state index in [0.29, 0.717) is 11.4 Å². The summed E-state index contributed by atoms with van der Waals surface area (Å²) in [6.45, 7) is 0. The summed E-state index contributed by atoms with van der Waals surface area (Å²) < 4.78 is 0. The highest BCUT2D eigenvalue weighted by atomic mass is 16.4. The lowest BCUT2D eigenvalue weighted by atomic mass is 10.3. The van der Waals surface area contributed by atoms with E-state index in [9.17, 15) is 9.59 Å². The van der Waals surface area contributed by atoms with Gasteiger partial charge in [0.15, 0.2) is 0 Å². The number of carboxylic acid groups (broad SMARTS) is 1. The Hall–Kier alpha value is -2.63. The molecule has 0 aromatic carbocycles. The monoisotopic (exact) mass is 231 g/mol. The molecular formula is C11H9N3O3. The molecule has 3 N–H and O–H groups in total. The van der Waals surface area contributed by atoms with Crippen molar-refractivity contribution in [2.24, 2.45) is 0 Å². The molecule has 2 aromatic heterocycles. The molecule has 0 spiro atoms. The van der Waals surface area contributed by atoms with E-state index >= 15 is 0 Å². The third-order valence-corrected chi connectivity index (χ3v) is 2.11. The first kappa shape index (κ1) is 10.9. The summed E-state index contributed by atoms with van der Waals surface area (Å²) in [7, 11) is 0. The van der Waals surface area contributed by atoms with Crippen LogP contribution in [0.3, 0.4) is 0 Å². The first-order valence-electron chi connectivity index (χ1n) is 4.80. The van der Waals surface area contributed by atoms with Crippen molar-refractivity contribution in [2.45, 2.75) is 0 Å². The molecule has 2 heterocycles. The number of anilines is 1. The van der Waals surface area contributed by atoms with Crippen LogP contribution in [0.25, 0.3) is 0 Å². The van der Waals surface area contributed by atoms with E-state index < -0.39 is 5.97 Å². The number of carboxylic acids is 1. The zero-order valence-corrected chi connectivity index (χ0v) is 8.68. The van der Waals surface area contributed by atoms with Crippen LogP contribution in [0.15, 0.2) is 36.8 Å². The smallest absolute Gasteiger partial charge is 0.337 e. The molecule has 0 aliphatic rings. The van der Waals surface area contributed by atoms with Crippen LogP contribution in [-0.4, -0.2) is 27.0 Å². The lowest BCUT2D eigenvalue weighted by molar-refractivity contribution is 0.0696. The van der Waals surface area contributed by atoms with Crippen molar-refractivity contribution in [3.05, 3.63) is 47.9 Å². The Morgan fingerprint density at radius 2 is 2.06 bits per heavy atom. The maximum atomic E-state index is 11.6. The van der Waals surface area contributed by atoms with E-state index in [0.717, 1.165) is 0 Å². The van der Waals surface area contributed by atoms with Gasteiger partial charge in [-0.3, -0.25) is 4.79 Å². The van der Waals surface area contributed by atoms with Crippen LogP contribution in [0, 0.1) is 0 Å². The SMILES string of the molecule is O=C(O)c1ccc(NC(=O)c2cc[nH]c2)nc1. The van der Waals surface area contributed by atoms with Gasteiger partial charge in [0.05, 0.1) is 11.1 Å². The number of aromatic nitrogens is 2. The second-order valence-corrected chi connectivity index (χ2v) is 3.29. The number of nitrogens with zero attached hydrogens (tertiary/aromatic N) is 1. The van der Waals surface area contributed by atoms with Crippen LogP contribution >= 0.6 is 0 Å². The summed E-state index contributed by atoms with van der Waals surface area (Å²) >= 11 is 0. The maximum absolute atomic E-state index is 11.6. The minimum atomic E-state index is -1.05. The van der Waals surface area contributed by atoms with E-state index in [4.69, 9.17) is 5.11 Å². The number of aromatic carboxylic acids is 1. The standard InChI is InChI=1S/C11H9N3O3/c15-10(7-3-4-12-5-7)14-9-2-1-8(6-13-9)11(16)17/h1-6,12H,(H,16,17)(H,13,14,15). The zero-order valence-electron chi connectivity index (χ0n) is 8.68. The van der Waals surface area contributed by atoms with Crippen molar-refractivity contribution in [3.63, 3.8) is 0 Å². The second kappa shape index (κ2) is 4.48.